The van der Waals surface area contributed by atoms with E-state index in [0.29, 0.717) is 58.9 Å². The maximum Gasteiger partial charge on any atom is 0.407 e. The highest BCUT2D eigenvalue weighted by molar-refractivity contribution is 6.11. The number of benzene rings is 6. The Labute approximate surface area is 386 Å². The molecule has 1 aromatic heterocycles. The molecule has 2 amide bonds. The lowest BCUT2D eigenvalue weighted by atomic mass is 9.97. The van der Waals surface area contributed by atoms with Gasteiger partial charge in [-0.2, -0.15) is 0 Å². The normalized spacial score (nSPS) is 14.2. The van der Waals surface area contributed by atoms with Crippen LogP contribution in [-0.2, 0) is 16.0 Å². The molecule has 3 aliphatic carbocycles. The van der Waals surface area contributed by atoms with E-state index < -0.39 is 12.2 Å². The predicted molar refractivity (Wildman–Crippen MR) is 255 cm³/mol. The van der Waals surface area contributed by atoms with Crippen LogP contribution in [0.25, 0.3) is 49.9 Å². The Bertz CT molecular complexity index is 3140. The van der Waals surface area contributed by atoms with Crippen molar-refractivity contribution in [3.8, 4) is 56.5 Å². The van der Waals surface area contributed by atoms with Gasteiger partial charge in [-0.15, -0.1) is 0 Å². The second-order valence-electron chi connectivity index (χ2n) is 16.9. The molecule has 0 atom stereocenters. The van der Waals surface area contributed by atoms with E-state index in [1.807, 2.05) is 66.7 Å². The van der Waals surface area contributed by atoms with Gasteiger partial charge >= 0.3 is 12.2 Å². The van der Waals surface area contributed by atoms with Gasteiger partial charge in [0.25, 0.3) is 5.56 Å². The fourth-order valence-corrected chi connectivity index (χ4v) is 10.4. The lowest BCUT2D eigenvalue weighted by Gasteiger charge is -2.18. The molecule has 2 heterocycles. The van der Waals surface area contributed by atoms with Crippen molar-refractivity contribution < 1.29 is 38.0 Å². The minimum atomic E-state index is -0.523. The van der Waals surface area contributed by atoms with Crippen molar-refractivity contribution in [2.45, 2.75) is 31.2 Å². The first-order valence-corrected chi connectivity index (χ1v) is 22.6. The van der Waals surface area contributed by atoms with Crippen LogP contribution in [0.4, 0.5) is 9.59 Å². The second kappa shape index (κ2) is 17.4. The Morgan fingerprint density at radius 2 is 1.10 bits per heavy atom. The van der Waals surface area contributed by atoms with Gasteiger partial charge in [0, 0.05) is 48.0 Å². The van der Waals surface area contributed by atoms with Crippen LogP contribution in [0.15, 0.2) is 132 Å². The van der Waals surface area contributed by atoms with Gasteiger partial charge in [-0.05, 0) is 92.8 Å². The Morgan fingerprint density at radius 3 is 1.63 bits per heavy atom. The van der Waals surface area contributed by atoms with Gasteiger partial charge in [-0.1, -0.05) is 103 Å². The number of methoxy groups -OCH3 is 2. The van der Waals surface area contributed by atoms with Crippen molar-refractivity contribution in [2.75, 3.05) is 47.3 Å². The zero-order valence-corrected chi connectivity index (χ0v) is 37.1. The van der Waals surface area contributed by atoms with Crippen molar-refractivity contribution >= 4 is 28.5 Å². The molecule has 0 saturated carbocycles. The third-order valence-electron chi connectivity index (χ3n) is 13.4. The van der Waals surface area contributed by atoms with Crippen molar-refractivity contribution in [1.82, 2.24) is 15.2 Å². The number of hydrogen-bond acceptors (Lipinski definition) is 9. The Hall–Kier alpha value is -7.99. The Balaban J connectivity index is 0.838. The number of ether oxygens (including phenoxy) is 6. The molecule has 0 bridgehead atoms. The van der Waals surface area contributed by atoms with E-state index in [-0.39, 0.29) is 50.5 Å². The molecule has 0 fully saturated rings. The molecule has 4 aliphatic rings. The van der Waals surface area contributed by atoms with Gasteiger partial charge < -0.3 is 43.6 Å². The van der Waals surface area contributed by atoms with Gasteiger partial charge in [0.1, 0.15) is 13.2 Å². The van der Waals surface area contributed by atoms with Gasteiger partial charge in [0.05, 0.1) is 25.3 Å². The number of aromatic nitrogens is 1. The van der Waals surface area contributed by atoms with Gasteiger partial charge in [-0.25, -0.2) is 9.59 Å². The molecule has 7 aromatic rings. The minimum absolute atomic E-state index is 0.0510. The number of carbonyl (C=O) groups is 2. The molecule has 6 aromatic carbocycles. The molecule has 336 valence electrons. The molecule has 12 heteroatoms. The largest absolute Gasteiger partial charge is 0.493 e. The van der Waals surface area contributed by atoms with Crippen LogP contribution in [0.5, 0.6) is 23.0 Å². The molecule has 12 nitrogen and oxygen atoms in total. The summed E-state index contributed by atoms with van der Waals surface area (Å²) in [6.07, 6.45) is 1.92. The Kier molecular flexibility index (Phi) is 10.8. The number of rotatable bonds is 13. The summed E-state index contributed by atoms with van der Waals surface area (Å²) in [5, 5.41) is 6.99. The van der Waals surface area contributed by atoms with E-state index in [2.05, 4.69) is 65.2 Å². The molecule has 0 saturated heterocycles. The lowest BCUT2D eigenvalue weighted by molar-refractivity contribution is 0.142. The van der Waals surface area contributed by atoms with Crippen LogP contribution in [0, 0.1) is 0 Å². The fourth-order valence-electron chi connectivity index (χ4n) is 10.4. The summed E-state index contributed by atoms with van der Waals surface area (Å²) in [6, 6.07) is 40.3. The third kappa shape index (κ3) is 7.29. The number of nitrogens with one attached hydrogen (secondary N) is 2. The molecule has 0 spiro atoms. The van der Waals surface area contributed by atoms with Crippen LogP contribution in [0.1, 0.15) is 58.1 Å². The zero-order chi connectivity index (χ0) is 45.6. The summed E-state index contributed by atoms with van der Waals surface area (Å²) in [5.41, 5.74) is 13.0. The first-order valence-electron chi connectivity index (χ1n) is 22.6. The van der Waals surface area contributed by atoms with Crippen LogP contribution < -0.4 is 35.1 Å². The van der Waals surface area contributed by atoms with E-state index >= 15 is 0 Å². The summed E-state index contributed by atoms with van der Waals surface area (Å²) < 4.78 is 36.6. The first-order chi connectivity index (χ1) is 32.9. The highest BCUT2D eigenvalue weighted by Crippen LogP contribution is 2.52. The van der Waals surface area contributed by atoms with Gasteiger partial charge in [0.15, 0.2) is 23.0 Å². The highest BCUT2D eigenvalue weighted by atomic mass is 16.7. The number of pyridine rings is 1. The second-order valence-corrected chi connectivity index (χ2v) is 16.9. The molecule has 11 rings (SSSR count). The van der Waals surface area contributed by atoms with Crippen LogP contribution in [-0.4, -0.2) is 64.1 Å². The van der Waals surface area contributed by atoms with E-state index in [9.17, 15) is 14.4 Å². The van der Waals surface area contributed by atoms with E-state index in [4.69, 9.17) is 28.4 Å². The number of fused-ring (bicyclic) bond motifs is 12. The SMILES string of the molecule is COc1cc2c3c(n(CCCNC(=O)OCC4c5ccccc5-c5ccccc54)c(=O)c2cc1OC)-c1cc2c(cc1/C3=C/CCNC(=O)OCC1c3ccccc3-c3ccccc31)OCO2. The maximum absolute atomic E-state index is 14.7. The third-order valence-corrected chi connectivity index (χ3v) is 13.4. The highest BCUT2D eigenvalue weighted by Gasteiger charge is 2.34. The van der Waals surface area contributed by atoms with Crippen LogP contribution in [0.3, 0.4) is 0 Å². The van der Waals surface area contributed by atoms with E-state index in [1.54, 1.807) is 17.7 Å². The van der Waals surface area contributed by atoms with Gasteiger partial charge in [-0.3, -0.25) is 4.79 Å². The molecule has 2 N–H and O–H groups in total. The average molecular weight is 894 g/mol. The predicted octanol–water partition coefficient (Wildman–Crippen LogP) is 10.0. The molecular formula is C55H47N3O9. The van der Waals surface area contributed by atoms with Gasteiger partial charge in [0.2, 0.25) is 6.79 Å². The van der Waals surface area contributed by atoms with E-state index in [0.717, 1.165) is 66.8 Å². The first kappa shape index (κ1) is 41.7. The topological polar surface area (TPSA) is 136 Å². The van der Waals surface area contributed by atoms with Crippen LogP contribution in [0.2, 0.25) is 0 Å². The molecule has 1 aliphatic heterocycles. The molecule has 0 unspecified atom stereocenters. The standard InChI is InChI=1S/C55H47N3O9/c1-62-47-26-42-44(28-48(47)63-2)53(59)58(24-12-23-57-55(61)65-30-46-38-19-9-5-15-34(38)35-16-6-10-20-39(35)46)52-43-27-50-49(66-31-67-50)25-41(43)40(51(42)52)21-11-22-56-54(60)64-29-45-36-17-7-3-13-32(36)33-14-4-8-18-37(33)45/h3-10,13-21,25-28,45-46H,11-12,22-24,29-31H2,1-2H3,(H,56,60)(H,57,61)/b40-21-. The quantitative estimate of drug-likeness (QED) is 0.108. The van der Waals surface area contributed by atoms with Crippen molar-refractivity contribution in [3.05, 3.63) is 171 Å². The van der Waals surface area contributed by atoms with Crippen molar-refractivity contribution in [1.29, 1.82) is 0 Å². The van der Waals surface area contributed by atoms with Crippen molar-refractivity contribution in [2.24, 2.45) is 0 Å². The summed E-state index contributed by atoms with van der Waals surface area (Å²) in [7, 11) is 3.10. The number of amides is 2. The maximum atomic E-state index is 14.7. The van der Waals surface area contributed by atoms with Crippen molar-refractivity contribution in [3.63, 3.8) is 0 Å². The minimum Gasteiger partial charge on any atom is -0.493 e. The fraction of sp³-hybridized carbons (Fsp3) is 0.218. The molecular weight excluding hydrogens is 847 g/mol. The number of alkyl carbamates (subject to hydrolysis) is 2. The molecule has 67 heavy (non-hydrogen) atoms. The Morgan fingerprint density at radius 1 is 0.627 bits per heavy atom. The number of carbonyl (C=O) groups excluding carboxylic acids is 2. The lowest BCUT2D eigenvalue weighted by Crippen LogP contribution is -2.29. The average Bonchev–Trinajstić information content (AvgIpc) is 4.12. The summed E-state index contributed by atoms with van der Waals surface area (Å²) in [6.45, 7) is 1.33. The summed E-state index contributed by atoms with van der Waals surface area (Å²) >= 11 is 0. The molecule has 0 radical (unpaired) electrons. The van der Waals surface area contributed by atoms with Crippen LogP contribution >= 0.6 is 0 Å². The number of nitrogens with zero attached hydrogens (tertiary/aromatic N) is 1. The van der Waals surface area contributed by atoms with E-state index in [1.165, 1.54) is 7.11 Å². The monoisotopic (exact) mass is 893 g/mol. The summed E-state index contributed by atoms with van der Waals surface area (Å²) in [4.78, 5) is 41.1. The summed E-state index contributed by atoms with van der Waals surface area (Å²) in [5.74, 6) is 1.96. The number of hydrogen-bond donors (Lipinski definition) is 2. The zero-order valence-electron chi connectivity index (χ0n) is 37.1. The smallest absolute Gasteiger partial charge is 0.407 e.